The number of benzene rings is 4. The van der Waals surface area contributed by atoms with Gasteiger partial charge in [0.2, 0.25) is 9.84 Å². The van der Waals surface area contributed by atoms with Gasteiger partial charge in [-0.25, -0.2) is 13.1 Å². The minimum atomic E-state index is -3.99. The highest BCUT2D eigenvalue weighted by atomic mass is 35.5. The molecule has 5 rings (SSSR count). The van der Waals surface area contributed by atoms with E-state index in [9.17, 15) is 8.42 Å². The summed E-state index contributed by atoms with van der Waals surface area (Å²) in [6, 6.07) is 32.3. The number of methoxy groups -OCH3 is 1. The fourth-order valence-electron chi connectivity index (χ4n) is 3.93. The molecule has 0 bridgehead atoms. The largest absolute Gasteiger partial charge is 0.497 e. The maximum absolute atomic E-state index is 14.2. The number of hydrogen-bond donors (Lipinski definition) is 0. The molecule has 0 aliphatic heterocycles. The van der Waals surface area contributed by atoms with Crippen LogP contribution in [0.1, 0.15) is 0 Å². The van der Waals surface area contributed by atoms with Gasteiger partial charge >= 0.3 is 0 Å². The van der Waals surface area contributed by atoms with Crippen LogP contribution in [0.4, 0.5) is 0 Å². The Hall–Kier alpha value is -3.87. The normalized spacial score (nSPS) is 11.4. The lowest BCUT2D eigenvalue weighted by molar-refractivity contribution is 0.415. The predicted molar refractivity (Wildman–Crippen MR) is 138 cm³/mol. The molecule has 0 radical (unpaired) electrons. The SMILES string of the molecule is COc1ccc(-c2nn(-c3ccccc3)c(-c3ccccc3)c2S(=O)(=O)c2ccc(Cl)cc2)cc1. The van der Waals surface area contributed by atoms with Crippen molar-refractivity contribution in [2.24, 2.45) is 0 Å². The Labute approximate surface area is 209 Å². The molecule has 0 saturated heterocycles. The molecule has 5 aromatic rings. The van der Waals surface area contributed by atoms with Gasteiger partial charge in [0.15, 0.2) is 0 Å². The monoisotopic (exact) mass is 500 g/mol. The molecule has 7 heteroatoms. The Morgan fingerprint density at radius 3 is 1.94 bits per heavy atom. The van der Waals surface area contributed by atoms with Crippen LogP contribution >= 0.6 is 11.6 Å². The van der Waals surface area contributed by atoms with Crippen LogP contribution < -0.4 is 4.74 Å². The van der Waals surface area contributed by atoms with Gasteiger partial charge in [0.25, 0.3) is 0 Å². The van der Waals surface area contributed by atoms with Gasteiger partial charge in [0.1, 0.15) is 16.3 Å². The fourth-order valence-corrected chi connectivity index (χ4v) is 5.66. The first-order chi connectivity index (χ1) is 17.0. The average Bonchev–Trinajstić information content (AvgIpc) is 3.32. The molecule has 1 aromatic heterocycles. The zero-order chi connectivity index (χ0) is 24.4. The molecule has 35 heavy (non-hydrogen) atoms. The third kappa shape index (κ3) is 4.34. The Kier molecular flexibility index (Phi) is 6.16. The summed E-state index contributed by atoms with van der Waals surface area (Å²) in [5.74, 6) is 0.668. The summed E-state index contributed by atoms with van der Waals surface area (Å²) in [5.41, 5.74) is 2.97. The first-order valence-corrected chi connectivity index (χ1v) is 12.7. The first kappa shape index (κ1) is 22.9. The number of hydrogen-bond acceptors (Lipinski definition) is 4. The van der Waals surface area contributed by atoms with Gasteiger partial charge in [-0.05, 0) is 60.7 Å². The summed E-state index contributed by atoms with van der Waals surface area (Å²) < 4.78 is 35.3. The molecule has 0 unspecified atom stereocenters. The summed E-state index contributed by atoms with van der Waals surface area (Å²) in [5, 5.41) is 5.32. The molecular weight excluding hydrogens is 480 g/mol. The van der Waals surface area contributed by atoms with Crippen LogP contribution in [0.25, 0.3) is 28.2 Å². The second-order valence-electron chi connectivity index (χ2n) is 7.83. The molecule has 174 valence electrons. The maximum Gasteiger partial charge on any atom is 0.210 e. The number of halogens is 1. The number of ether oxygens (including phenoxy) is 1. The van der Waals surface area contributed by atoms with Gasteiger partial charge in [0.05, 0.1) is 23.4 Å². The van der Waals surface area contributed by atoms with Crippen molar-refractivity contribution >= 4 is 21.4 Å². The summed E-state index contributed by atoms with van der Waals surface area (Å²) in [4.78, 5) is 0.265. The van der Waals surface area contributed by atoms with Crippen LogP contribution in [0.5, 0.6) is 5.75 Å². The third-order valence-electron chi connectivity index (χ3n) is 5.65. The second-order valence-corrected chi connectivity index (χ2v) is 10.1. The van der Waals surface area contributed by atoms with Crippen LogP contribution in [0.2, 0.25) is 5.02 Å². The van der Waals surface area contributed by atoms with Crippen molar-refractivity contribution in [3.8, 4) is 34.0 Å². The third-order valence-corrected chi connectivity index (χ3v) is 7.71. The van der Waals surface area contributed by atoms with Crippen LogP contribution in [0.15, 0.2) is 119 Å². The quantitative estimate of drug-likeness (QED) is 0.260. The summed E-state index contributed by atoms with van der Waals surface area (Å²) in [6.45, 7) is 0. The molecule has 0 amide bonds. The molecule has 0 atom stereocenters. The minimum absolute atomic E-state index is 0.125. The van der Waals surface area contributed by atoms with Gasteiger partial charge in [-0.3, -0.25) is 0 Å². The summed E-state index contributed by atoms with van der Waals surface area (Å²) >= 11 is 6.05. The predicted octanol–water partition coefficient (Wildman–Crippen LogP) is 6.70. The Morgan fingerprint density at radius 1 is 0.743 bits per heavy atom. The number of sulfone groups is 1. The molecule has 0 N–H and O–H groups in total. The van der Waals surface area contributed by atoms with E-state index in [1.54, 1.807) is 36.1 Å². The average molecular weight is 501 g/mol. The van der Waals surface area contributed by atoms with E-state index in [0.29, 0.717) is 27.7 Å². The number of nitrogens with zero attached hydrogens (tertiary/aromatic N) is 2. The summed E-state index contributed by atoms with van der Waals surface area (Å²) in [6.07, 6.45) is 0. The lowest BCUT2D eigenvalue weighted by atomic mass is 10.1. The van der Waals surface area contributed by atoms with Crippen molar-refractivity contribution < 1.29 is 13.2 Å². The number of aromatic nitrogens is 2. The lowest BCUT2D eigenvalue weighted by Crippen LogP contribution is -2.06. The standard InChI is InChI=1S/C28H21ClN2O3S/c1-34-24-16-12-20(13-17-24)26-28(35(32,33)25-18-14-22(29)15-19-25)27(21-8-4-2-5-9-21)31(30-26)23-10-6-3-7-11-23/h2-19H,1H3. The molecule has 0 fully saturated rings. The van der Waals surface area contributed by atoms with Gasteiger partial charge < -0.3 is 4.74 Å². The topological polar surface area (TPSA) is 61.2 Å². The molecular formula is C28H21ClN2O3S. The van der Waals surface area contributed by atoms with Gasteiger partial charge in [-0.2, -0.15) is 5.10 Å². The summed E-state index contributed by atoms with van der Waals surface area (Å²) in [7, 11) is -2.40. The maximum atomic E-state index is 14.2. The van der Waals surface area contributed by atoms with Crippen molar-refractivity contribution in [1.29, 1.82) is 0 Å². The van der Waals surface area contributed by atoms with Gasteiger partial charge in [-0.1, -0.05) is 60.1 Å². The highest BCUT2D eigenvalue weighted by molar-refractivity contribution is 7.91. The van der Waals surface area contributed by atoms with Crippen molar-refractivity contribution in [2.75, 3.05) is 7.11 Å². The van der Waals surface area contributed by atoms with E-state index in [1.165, 1.54) is 12.1 Å². The fraction of sp³-hybridized carbons (Fsp3) is 0.0357. The highest BCUT2D eigenvalue weighted by Crippen LogP contribution is 2.40. The molecule has 0 aliphatic rings. The molecule has 0 saturated carbocycles. The molecule has 0 spiro atoms. The number of rotatable bonds is 6. The van der Waals surface area contributed by atoms with E-state index in [0.717, 1.165) is 11.3 Å². The van der Waals surface area contributed by atoms with E-state index in [1.807, 2.05) is 72.8 Å². The van der Waals surface area contributed by atoms with E-state index < -0.39 is 9.84 Å². The zero-order valence-corrected chi connectivity index (χ0v) is 20.4. The molecule has 5 nitrogen and oxygen atoms in total. The smallest absolute Gasteiger partial charge is 0.210 e. The first-order valence-electron chi connectivity index (χ1n) is 10.9. The van der Waals surface area contributed by atoms with Crippen LogP contribution in [-0.2, 0) is 9.84 Å². The Balaban J connectivity index is 1.88. The lowest BCUT2D eigenvalue weighted by Gasteiger charge is -2.11. The van der Waals surface area contributed by atoms with E-state index in [2.05, 4.69) is 0 Å². The van der Waals surface area contributed by atoms with Crippen LogP contribution in [0, 0.1) is 0 Å². The molecule has 0 aliphatic carbocycles. The Bertz CT molecular complexity index is 1560. The molecule has 1 heterocycles. The van der Waals surface area contributed by atoms with Crippen molar-refractivity contribution in [3.63, 3.8) is 0 Å². The van der Waals surface area contributed by atoms with Crippen LogP contribution in [-0.4, -0.2) is 25.3 Å². The Morgan fingerprint density at radius 2 is 1.34 bits per heavy atom. The zero-order valence-electron chi connectivity index (χ0n) is 18.8. The van der Waals surface area contributed by atoms with Crippen molar-refractivity contribution in [1.82, 2.24) is 9.78 Å². The van der Waals surface area contributed by atoms with E-state index in [-0.39, 0.29) is 9.79 Å². The highest BCUT2D eigenvalue weighted by Gasteiger charge is 2.32. The minimum Gasteiger partial charge on any atom is -0.497 e. The van der Waals surface area contributed by atoms with Gasteiger partial charge in [-0.15, -0.1) is 0 Å². The van der Waals surface area contributed by atoms with E-state index in [4.69, 9.17) is 21.4 Å². The molecule has 4 aromatic carbocycles. The van der Waals surface area contributed by atoms with Crippen molar-refractivity contribution in [2.45, 2.75) is 9.79 Å². The van der Waals surface area contributed by atoms with Crippen molar-refractivity contribution in [3.05, 3.63) is 114 Å². The van der Waals surface area contributed by atoms with E-state index >= 15 is 0 Å². The van der Waals surface area contributed by atoms with Gasteiger partial charge in [0, 0.05) is 16.1 Å². The number of para-hydroxylation sites is 1. The second kappa shape index (κ2) is 9.41. The van der Waals surface area contributed by atoms with Crippen LogP contribution in [0.3, 0.4) is 0 Å².